The Bertz CT molecular complexity index is 359. The summed E-state index contributed by atoms with van der Waals surface area (Å²) in [6.45, 7) is 5.06. The van der Waals surface area contributed by atoms with Gasteiger partial charge in [0.2, 0.25) is 5.91 Å². The molecule has 1 heterocycles. The lowest BCUT2D eigenvalue weighted by Crippen LogP contribution is -2.38. The van der Waals surface area contributed by atoms with E-state index in [1.54, 1.807) is 4.68 Å². The highest BCUT2D eigenvalue weighted by molar-refractivity contribution is 5.79. The molecule has 0 spiro atoms. The van der Waals surface area contributed by atoms with Crippen LogP contribution in [0, 0.1) is 11.8 Å². The van der Waals surface area contributed by atoms with E-state index in [0.717, 1.165) is 12.0 Å². The zero-order chi connectivity index (χ0) is 12.8. The molecule has 5 heteroatoms. The van der Waals surface area contributed by atoms with Crippen molar-refractivity contribution < 1.29 is 4.79 Å². The van der Waals surface area contributed by atoms with E-state index in [1.165, 1.54) is 0 Å². The maximum Gasteiger partial charge on any atom is 0.224 e. The van der Waals surface area contributed by atoms with Crippen molar-refractivity contribution >= 4 is 5.91 Å². The number of nitrogens with two attached hydrogens (primary N) is 1. The summed E-state index contributed by atoms with van der Waals surface area (Å²) in [5.41, 5.74) is 6.71. The van der Waals surface area contributed by atoms with Gasteiger partial charge in [-0.2, -0.15) is 5.10 Å². The van der Waals surface area contributed by atoms with E-state index in [1.807, 2.05) is 33.3 Å². The van der Waals surface area contributed by atoms with Crippen LogP contribution in [0.3, 0.4) is 0 Å². The fourth-order valence-electron chi connectivity index (χ4n) is 1.74. The number of aromatic nitrogens is 2. The molecule has 17 heavy (non-hydrogen) atoms. The molecule has 0 radical (unpaired) electrons. The van der Waals surface area contributed by atoms with Crippen molar-refractivity contribution in [2.75, 3.05) is 13.1 Å². The van der Waals surface area contributed by atoms with Crippen molar-refractivity contribution in [3.8, 4) is 0 Å². The summed E-state index contributed by atoms with van der Waals surface area (Å²) in [7, 11) is 1.88. The molecule has 0 bridgehead atoms. The van der Waals surface area contributed by atoms with Gasteiger partial charge in [0.15, 0.2) is 0 Å². The smallest absolute Gasteiger partial charge is 0.224 e. The van der Waals surface area contributed by atoms with Gasteiger partial charge in [-0.15, -0.1) is 0 Å². The standard InChI is InChI=1S/C12H22N4O/c1-9(2)11(6-13)12(17)14-5-4-10-7-15-16(3)8-10/h7-9,11H,4-6,13H2,1-3H3,(H,14,17). The summed E-state index contributed by atoms with van der Waals surface area (Å²) in [5.74, 6) is 0.230. The largest absolute Gasteiger partial charge is 0.355 e. The number of carbonyl (C=O) groups is 1. The SMILES string of the molecule is CC(C)C(CN)C(=O)NCCc1cnn(C)c1. The number of rotatable bonds is 6. The Morgan fingerprint density at radius 1 is 1.59 bits per heavy atom. The van der Waals surface area contributed by atoms with Crippen LogP contribution in [0.5, 0.6) is 0 Å². The Labute approximate surface area is 102 Å². The third kappa shape index (κ3) is 4.19. The maximum atomic E-state index is 11.8. The molecule has 0 aliphatic rings. The second-order valence-electron chi connectivity index (χ2n) is 4.65. The minimum absolute atomic E-state index is 0.0476. The van der Waals surface area contributed by atoms with E-state index < -0.39 is 0 Å². The molecule has 3 N–H and O–H groups in total. The van der Waals surface area contributed by atoms with Crippen molar-refractivity contribution in [3.05, 3.63) is 18.0 Å². The number of nitrogens with zero attached hydrogens (tertiary/aromatic N) is 2. The predicted molar refractivity (Wildman–Crippen MR) is 67.3 cm³/mol. The fourth-order valence-corrected chi connectivity index (χ4v) is 1.74. The van der Waals surface area contributed by atoms with Crippen LogP contribution in [-0.2, 0) is 18.3 Å². The van der Waals surface area contributed by atoms with Crippen LogP contribution >= 0.6 is 0 Å². The monoisotopic (exact) mass is 238 g/mol. The Hall–Kier alpha value is -1.36. The molecule has 0 fully saturated rings. The van der Waals surface area contributed by atoms with Crippen molar-refractivity contribution in [1.29, 1.82) is 0 Å². The fraction of sp³-hybridized carbons (Fsp3) is 0.667. The predicted octanol–water partition coefficient (Wildman–Crippen LogP) is 0.310. The second kappa shape index (κ2) is 6.39. The van der Waals surface area contributed by atoms with Gasteiger partial charge in [-0.1, -0.05) is 13.8 Å². The molecule has 1 aromatic heterocycles. The van der Waals surface area contributed by atoms with Crippen LogP contribution in [0.1, 0.15) is 19.4 Å². The number of aryl methyl sites for hydroxylation is 1. The molecule has 0 aliphatic heterocycles. The number of nitrogens with one attached hydrogen (secondary N) is 1. The van der Waals surface area contributed by atoms with Crippen LogP contribution in [0.2, 0.25) is 0 Å². The Kier molecular flexibility index (Phi) is 5.15. The van der Waals surface area contributed by atoms with Gasteiger partial charge in [0, 0.05) is 26.3 Å². The molecule has 96 valence electrons. The molecule has 0 saturated heterocycles. The first-order valence-corrected chi connectivity index (χ1v) is 6.00. The summed E-state index contributed by atoms with van der Waals surface area (Å²) < 4.78 is 1.76. The van der Waals surface area contributed by atoms with E-state index in [-0.39, 0.29) is 17.7 Å². The lowest BCUT2D eigenvalue weighted by Gasteiger charge is -2.17. The van der Waals surface area contributed by atoms with Crippen LogP contribution in [-0.4, -0.2) is 28.8 Å². The molecule has 1 rings (SSSR count). The quantitative estimate of drug-likeness (QED) is 0.749. The summed E-state index contributed by atoms with van der Waals surface area (Å²) in [6, 6.07) is 0. The Balaban J connectivity index is 2.33. The van der Waals surface area contributed by atoms with E-state index >= 15 is 0 Å². The normalized spacial score (nSPS) is 12.8. The zero-order valence-electron chi connectivity index (χ0n) is 10.8. The summed E-state index contributed by atoms with van der Waals surface area (Å²) >= 11 is 0. The van der Waals surface area contributed by atoms with Crippen molar-refractivity contribution in [1.82, 2.24) is 15.1 Å². The maximum absolute atomic E-state index is 11.8. The first-order valence-electron chi connectivity index (χ1n) is 6.00. The molecule has 0 saturated carbocycles. The third-order valence-electron chi connectivity index (χ3n) is 2.87. The van der Waals surface area contributed by atoms with Crippen LogP contribution in [0.4, 0.5) is 0 Å². The molecule has 1 unspecified atom stereocenters. The lowest BCUT2D eigenvalue weighted by molar-refractivity contribution is -0.125. The first-order chi connectivity index (χ1) is 8.04. The highest BCUT2D eigenvalue weighted by atomic mass is 16.1. The number of hydrogen-bond donors (Lipinski definition) is 2. The Morgan fingerprint density at radius 3 is 2.76 bits per heavy atom. The number of hydrogen-bond acceptors (Lipinski definition) is 3. The Morgan fingerprint density at radius 2 is 2.29 bits per heavy atom. The van der Waals surface area contributed by atoms with Crippen molar-refractivity contribution in [2.24, 2.45) is 24.6 Å². The summed E-state index contributed by atoms with van der Waals surface area (Å²) in [6.07, 6.45) is 4.57. The molecule has 1 amide bonds. The zero-order valence-corrected chi connectivity index (χ0v) is 10.8. The third-order valence-corrected chi connectivity index (χ3v) is 2.87. The van der Waals surface area contributed by atoms with E-state index in [4.69, 9.17) is 5.73 Å². The minimum Gasteiger partial charge on any atom is -0.355 e. The highest BCUT2D eigenvalue weighted by Crippen LogP contribution is 2.08. The molecule has 1 aromatic rings. The molecular weight excluding hydrogens is 216 g/mol. The minimum atomic E-state index is -0.0936. The molecule has 0 aliphatic carbocycles. The van der Waals surface area contributed by atoms with Gasteiger partial charge in [0.1, 0.15) is 0 Å². The lowest BCUT2D eigenvalue weighted by atomic mass is 9.95. The van der Waals surface area contributed by atoms with E-state index in [9.17, 15) is 4.79 Å². The van der Waals surface area contributed by atoms with Gasteiger partial charge in [-0.25, -0.2) is 0 Å². The number of amides is 1. The van der Waals surface area contributed by atoms with Crippen LogP contribution < -0.4 is 11.1 Å². The van der Waals surface area contributed by atoms with Gasteiger partial charge in [-0.3, -0.25) is 9.48 Å². The summed E-state index contributed by atoms with van der Waals surface area (Å²) in [4.78, 5) is 11.8. The average Bonchev–Trinajstić information content (AvgIpc) is 2.64. The van der Waals surface area contributed by atoms with Crippen molar-refractivity contribution in [3.63, 3.8) is 0 Å². The summed E-state index contributed by atoms with van der Waals surface area (Å²) in [5, 5.41) is 6.99. The molecular formula is C12H22N4O. The van der Waals surface area contributed by atoms with Gasteiger partial charge >= 0.3 is 0 Å². The van der Waals surface area contributed by atoms with Gasteiger partial charge < -0.3 is 11.1 Å². The highest BCUT2D eigenvalue weighted by Gasteiger charge is 2.19. The molecule has 0 aromatic carbocycles. The van der Waals surface area contributed by atoms with Crippen molar-refractivity contribution in [2.45, 2.75) is 20.3 Å². The van der Waals surface area contributed by atoms with E-state index in [2.05, 4.69) is 10.4 Å². The van der Waals surface area contributed by atoms with Crippen LogP contribution in [0.25, 0.3) is 0 Å². The van der Waals surface area contributed by atoms with Gasteiger partial charge in [0.25, 0.3) is 0 Å². The van der Waals surface area contributed by atoms with Gasteiger partial charge in [-0.05, 0) is 17.9 Å². The van der Waals surface area contributed by atoms with Crippen LogP contribution in [0.15, 0.2) is 12.4 Å². The second-order valence-corrected chi connectivity index (χ2v) is 4.65. The first kappa shape index (κ1) is 13.7. The molecule has 5 nitrogen and oxygen atoms in total. The number of carbonyl (C=O) groups excluding carboxylic acids is 1. The van der Waals surface area contributed by atoms with E-state index in [0.29, 0.717) is 13.1 Å². The topological polar surface area (TPSA) is 72.9 Å². The molecule has 1 atom stereocenters. The van der Waals surface area contributed by atoms with Gasteiger partial charge in [0.05, 0.1) is 12.1 Å². The average molecular weight is 238 g/mol.